The Bertz CT molecular complexity index is 883. The number of para-hydroxylation sites is 1. The quantitative estimate of drug-likeness (QED) is 0.717. The van der Waals surface area contributed by atoms with Crippen molar-refractivity contribution in [2.75, 3.05) is 13.2 Å². The van der Waals surface area contributed by atoms with Gasteiger partial charge in [-0.2, -0.15) is 0 Å². The third-order valence-corrected chi connectivity index (χ3v) is 4.95. The van der Waals surface area contributed by atoms with Crippen LogP contribution in [0.5, 0.6) is 11.5 Å². The lowest BCUT2D eigenvalue weighted by atomic mass is 9.90. The molecule has 3 rings (SSSR count). The van der Waals surface area contributed by atoms with E-state index in [1.165, 1.54) is 22.2 Å². The molecule has 0 saturated carbocycles. The topological polar surface area (TPSA) is 60.4 Å². The third-order valence-electron chi connectivity index (χ3n) is 4.95. The van der Waals surface area contributed by atoms with Gasteiger partial charge in [0, 0.05) is 29.6 Å². The predicted molar refractivity (Wildman–Crippen MR) is 102 cm³/mol. The van der Waals surface area contributed by atoms with Crippen molar-refractivity contribution in [3.8, 4) is 11.5 Å². The Morgan fingerprint density at radius 1 is 1.20 bits per heavy atom. The Morgan fingerprint density at radius 3 is 2.68 bits per heavy atom. The van der Waals surface area contributed by atoms with Gasteiger partial charge in [-0.25, -0.2) is 0 Å². The van der Waals surface area contributed by atoms with Crippen molar-refractivity contribution in [3.63, 3.8) is 0 Å². The van der Waals surface area contributed by atoms with Crippen molar-refractivity contribution in [1.29, 1.82) is 0 Å². The Kier molecular flexibility index (Phi) is 5.00. The highest BCUT2D eigenvalue weighted by Gasteiger charge is 2.20. The van der Waals surface area contributed by atoms with Crippen molar-refractivity contribution in [3.05, 3.63) is 59.3 Å². The number of rotatable bonds is 6. The smallest absolute Gasteiger partial charge is 0.161 e. The summed E-state index contributed by atoms with van der Waals surface area (Å²) in [4.78, 5) is 0. The second kappa shape index (κ2) is 7.19. The standard InChI is InChI=1S/C21H26N2O2/c1-4-25-20-12-15(9-10-19(20)24)11-16(13-22)21-14(2)23(3)18-8-6-5-7-17(18)21/h5-10,12,16,24H,4,11,13,22H2,1-3H3. The number of aromatic hydroxyl groups is 1. The van der Waals surface area contributed by atoms with Gasteiger partial charge in [0.05, 0.1) is 6.61 Å². The van der Waals surface area contributed by atoms with Crippen LogP contribution in [0.4, 0.5) is 0 Å². The largest absolute Gasteiger partial charge is 0.504 e. The van der Waals surface area contributed by atoms with Crippen molar-refractivity contribution in [2.24, 2.45) is 12.8 Å². The lowest BCUT2D eigenvalue weighted by Crippen LogP contribution is -2.16. The molecule has 0 spiro atoms. The molecule has 0 saturated heterocycles. The number of nitrogens with two attached hydrogens (primary N) is 1. The van der Waals surface area contributed by atoms with E-state index < -0.39 is 0 Å². The van der Waals surface area contributed by atoms with Gasteiger partial charge in [0.25, 0.3) is 0 Å². The summed E-state index contributed by atoms with van der Waals surface area (Å²) in [6.07, 6.45) is 0.811. The number of ether oxygens (including phenoxy) is 1. The molecule has 1 atom stereocenters. The van der Waals surface area contributed by atoms with E-state index in [0.717, 1.165) is 12.0 Å². The maximum Gasteiger partial charge on any atom is 0.161 e. The summed E-state index contributed by atoms with van der Waals surface area (Å²) in [6, 6.07) is 14.0. The number of phenolic OH excluding ortho intramolecular Hbond substituents is 1. The van der Waals surface area contributed by atoms with Gasteiger partial charge in [-0.05, 0) is 56.1 Å². The molecule has 25 heavy (non-hydrogen) atoms. The molecule has 0 amide bonds. The van der Waals surface area contributed by atoms with Crippen molar-refractivity contribution >= 4 is 10.9 Å². The molecule has 0 aliphatic carbocycles. The fourth-order valence-electron chi connectivity index (χ4n) is 3.61. The lowest BCUT2D eigenvalue weighted by molar-refractivity contribution is 0.317. The van der Waals surface area contributed by atoms with Crippen LogP contribution in [0.25, 0.3) is 10.9 Å². The average Bonchev–Trinajstić information content (AvgIpc) is 2.87. The molecule has 0 aliphatic heterocycles. The van der Waals surface area contributed by atoms with Crippen LogP contribution in [0.3, 0.4) is 0 Å². The van der Waals surface area contributed by atoms with E-state index in [9.17, 15) is 5.11 Å². The molecule has 1 unspecified atom stereocenters. The molecule has 0 fully saturated rings. The van der Waals surface area contributed by atoms with Crippen LogP contribution >= 0.6 is 0 Å². The van der Waals surface area contributed by atoms with Crippen LogP contribution in [0.15, 0.2) is 42.5 Å². The first-order valence-electron chi connectivity index (χ1n) is 8.75. The molecule has 2 aromatic carbocycles. The molecule has 132 valence electrons. The molecule has 3 N–H and O–H groups in total. The van der Waals surface area contributed by atoms with Crippen molar-refractivity contribution < 1.29 is 9.84 Å². The lowest BCUT2D eigenvalue weighted by Gasteiger charge is -2.17. The van der Waals surface area contributed by atoms with Gasteiger partial charge in [-0.1, -0.05) is 24.3 Å². The summed E-state index contributed by atoms with van der Waals surface area (Å²) in [6.45, 7) is 5.16. The summed E-state index contributed by atoms with van der Waals surface area (Å²) in [5, 5.41) is 11.2. The predicted octanol–water partition coefficient (Wildman–Crippen LogP) is 3.88. The number of aryl methyl sites for hydroxylation is 1. The van der Waals surface area contributed by atoms with Gasteiger partial charge in [0.2, 0.25) is 0 Å². The minimum Gasteiger partial charge on any atom is -0.504 e. The number of fused-ring (bicyclic) bond motifs is 1. The fourth-order valence-corrected chi connectivity index (χ4v) is 3.61. The zero-order valence-electron chi connectivity index (χ0n) is 15.1. The van der Waals surface area contributed by atoms with Gasteiger partial charge in [0.1, 0.15) is 0 Å². The normalized spacial score (nSPS) is 12.5. The summed E-state index contributed by atoms with van der Waals surface area (Å²) in [5.41, 5.74) is 11.1. The zero-order chi connectivity index (χ0) is 18.0. The SMILES string of the molecule is CCOc1cc(CC(CN)c2c(C)n(C)c3ccccc23)ccc1O. The highest BCUT2D eigenvalue weighted by Crippen LogP contribution is 2.34. The summed E-state index contributed by atoms with van der Waals surface area (Å²) < 4.78 is 7.74. The zero-order valence-corrected chi connectivity index (χ0v) is 15.1. The van der Waals surface area contributed by atoms with Crippen LogP contribution < -0.4 is 10.5 Å². The first kappa shape index (κ1) is 17.4. The van der Waals surface area contributed by atoms with Gasteiger partial charge in [-0.15, -0.1) is 0 Å². The van der Waals surface area contributed by atoms with Crippen molar-refractivity contribution in [2.45, 2.75) is 26.2 Å². The highest BCUT2D eigenvalue weighted by molar-refractivity contribution is 5.86. The molecule has 1 heterocycles. The number of hydrogen-bond acceptors (Lipinski definition) is 3. The van der Waals surface area contributed by atoms with Crippen LogP contribution in [0.1, 0.15) is 29.7 Å². The Morgan fingerprint density at radius 2 is 1.96 bits per heavy atom. The van der Waals surface area contributed by atoms with E-state index in [0.29, 0.717) is 18.9 Å². The third kappa shape index (κ3) is 3.22. The summed E-state index contributed by atoms with van der Waals surface area (Å²) in [5.74, 6) is 0.923. The average molecular weight is 338 g/mol. The first-order chi connectivity index (χ1) is 12.1. The number of nitrogens with zero attached hydrogens (tertiary/aromatic N) is 1. The Labute approximate surface area is 148 Å². The van der Waals surface area contributed by atoms with Crippen LogP contribution in [-0.2, 0) is 13.5 Å². The van der Waals surface area contributed by atoms with Gasteiger partial charge in [-0.3, -0.25) is 0 Å². The van der Waals surface area contributed by atoms with E-state index in [2.05, 4.69) is 42.8 Å². The second-order valence-corrected chi connectivity index (χ2v) is 6.45. The molecule has 3 aromatic rings. The first-order valence-corrected chi connectivity index (χ1v) is 8.75. The summed E-state index contributed by atoms with van der Waals surface area (Å²) >= 11 is 0. The fraction of sp³-hybridized carbons (Fsp3) is 0.333. The molecule has 4 heteroatoms. The molecule has 0 aliphatic rings. The van der Waals surface area contributed by atoms with E-state index in [1.807, 2.05) is 19.1 Å². The molecular weight excluding hydrogens is 312 g/mol. The number of benzene rings is 2. The molecule has 4 nitrogen and oxygen atoms in total. The van der Waals surface area contributed by atoms with Gasteiger partial charge >= 0.3 is 0 Å². The van der Waals surface area contributed by atoms with Crippen molar-refractivity contribution in [1.82, 2.24) is 4.57 Å². The number of aromatic nitrogens is 1. The second-order valence-electron chi connectivity index (χ2n) is 6.45. The molecule has 1 aromatic heterocycles. The molecule has 0 bridgehead atoms. The van der Waals surface area contributed by atoms with E-state index in [1.54, 1.807) is 6.07 Å². The minimum atomic E-state index is 0.177. The monoisotopic (exact) mass is 338 g/mol. The maximum absolute atomic E-state index is 9.91. The molecule has 0 radical (unpaired) electrons. The van der Waals surface area contributed by atoms with Gasteiger partial charge in [0.15, 0.2) is 11.5 Å². The Hall–Kier alpha value is -2.46. The van der Waals surface area contributed by atoms with Crippen LogP contribution in [0.2, 0.25) is 0 Å². The summed E-state index contributed by atoms with van der Waals surface area (Å²) in [7, 11) is 2.10. The number of hydrogen-bond donors (Lipinski definition) is 2. The Balaban J connectivity index is 1.99. The van der Waals surface area contributed by atoms with E-state index in [4.69, 9.17) is 10.5 Å². The van der Waals surface area contributed by atoms with Crippen LogP contribution in [-0.4, -0.2) is 22.8 Å². The highest BCUT2D eigenvalue weighted by atomic mass is 16.5. The number of phenols is 1. The van der Waals surface area contributed by atoms with E-state index >= 15 is 0 Å². The minimum absolute atomic E-state index is 0.177. The van der Waals surface area contributed by atoms with Crippen LogP contribution in [0, 0.1) is 6.92 Å². The maximum atomic E-state index is 9.91. The van der Waals surface area contributed by atoms with E-state index in [-0.39, 0.29) is 11.7 Å². The molecular formula is C21H26N2O2. The van der Waals surface area contributed by atoms with Gasteiger partial charge < -0.3 is 20.1 Å².